The van der Waals surface area contributed by atoms with Gasteiger partial charge in [-0.1, -0.05) is 13.8 Å². The number of hydrogen-bond donors (Lipinski definition) is 0. The van der Waals surface area contributed by atoms with Crippen molar-refractivity contribution in [3.8, 4) is 0 Å². The maximum atomic E-state index is 4.88. The molecule has 2 heterocycles. The molecule has 0 amide bonds. The summed E-state index contributed by atoms with van der Waals surface area (Å²) in [6.07, 6.45) is 9.18. The summed E-state index contributed by atoms with van der Waals surface area (Å²) >= 11 is -0.472. The van der Waals surface area contributed by atoms with Crippen LogP contribution in [0.5, 0.6) is 0 Å². The van der Waals surface area contributed by atoms with E-state index in [1.165, 1.54) is 22.5 Å². The first kappa shape index (κ1) is 19.6. The van der Waals surface area contributed by atoms with Gasteiger partial charge in [-0.15, -0.1) is 0 Å². The first-order valence-electron chi connectivity index (χ1n) is 7.43. The number of rotatable bonds is 6. The van der Waals surface area contributed by atoms with E-state index in [1.54, 1.807) is 0 Å². The molecule has 2 rings (SSSR count). The van der Waals surface area contributed by atoms with Crippen LogP contribution in [0.3, 0.4) is 0 Å². The van der Waals surface area contributed by atoms with Gasteiger partial charge < -0.3 is 0 Å². The molecule has 0 atom stereocenters. The van der Waals surface area contributed by atoms with Gasteiger partial charge in [-0.3, -0.25) is 9.97 Å². The minimum atomic E-state index is -0.472. The Hall–Kier alpha value is -0.432. The Morgan fingerprint density at radius 3 is 1.64 bits per heavy atom. The van der Waals surface area contributed by atoms with Gasteiger partial charge in [0.1, 0.15) is 0 Å². The van der Waals surface area contributed by atoms with Crippen LogP contribution in [-0.2, 0) is 42.2 Å². The molecule has 0 aliphatic heterocycles. The summed E-state index contributed by atoms with van der Waals surface area (Å²) in [6, 6.07) is 8.62. The van der Waals surface area contributed by atoms with Crippen molar-refractivity contribution in [1.82, 2.24) is 9.97 Å². The molecule has 2 nitrogen and oxygen atoms in total. The van der Waals surface area contributed by atoms with Gasteiger partial charge in [0, 0.05) is 23.8 Å². The first-order chi connectivity index (χ1) is 10.7. The molecule has 0 aromatic carbocycles. The molecule has 0 spiro atoms. The van der Waals surface area contributed by atoms with Crippen molar-refractivity contribution in [1.29, 1.82) is 0 Å². The average molecular weight is 520 g/mol. The fourth-order valence-electron chi connectivity index (χ4n) is 2.22. The van der Waals surface area contributed by atoms with Crippen LogP contribution in [0.1, 0.15) is 42.8 Å². The van der Waals surface area contributed by atoms with Gasteiger partial charge in [0.05, 0.1) is 0 Å². The van der Waals surface area contributed by atoms with E-state index in [0.717, 1.165) is 32.1 Å². The standard InChI is InChI=1S/C17H22N2.2ClH.Pt/c1-3-14-8-10-18-16(12-14)6-5-7-17-13-15(4-2)9-11-19-17;;;/h8-13H,3-7H2,1-2H3;2*1H;/q;;;+2/p-2. The molecule has 0 saturated carbocycles. The van der Waals surface area contributed by atoms with Crippen molar-refractivity contribution in [2.24, 2.45) is 0 Å². The third-order valence-electron chi connectivity index (χ3n) is 3.44. The summed E-state index contributed by atoms with van der Waals surface area (Å²) in [7, 11) is 9.75. The van der Waals surface area contributed by atoms with E-state index in [-0.39, 0.29) is 0 Å². The molecule has 0 N–H and O–H groups in total. The molecular formula is C17H22Cl2N2Pt. The van der Waals surface area contributed by atoms with E-state index < -0.39 is 16.5 Å². The molecule has 0 saturated heterocycles. The van der Waals surface area contributed by atoms with Crippen molar-refractivity contribution in [3.63, 3.8) is 0 Å². The number of aromatic nitrogens is 2. The van der Waals surface area contributed by atoms with E-state index >= 15 is 0 Å². The van der Waals surface area contributed by atoms with Crippen LogP contribution in [0.2, 0.25) is 0 Å². The summed E-state index contributed by atoms with van der Waals surface area (Å²) in [5.41, 5.74) is 5.14. The van der Waals surface area contributed by atoms with Gasteiger partial charge in [-0.25, -0.2) is 0 Å². The van der Waals surface area contributed by atoms with Crippen LogP contribution in [0.4, 0.5) is 0 Å². The molecule has 0 fully saturated rings. The Kier molecular flexibility index (Phi) is 10.7. The topological polar surface area (TPSA) is 25.8 Å². The van der Waals surface area contributed by atoms with Crippen LogP contribution in [0, 0.1) is 0 Å². The van der Waals surface area contributed by atoms with Crippen LogP contribution in [0.25, 0.3) is 0 Å². The molecule has 124 valence electrons. The molecule has 22 heavy (non-hydrogen) atoms. The third-order valence-corrected chi connectivity index (χ3v) is 3.44. The van der Waals surface area contributed by atoms with E-state index in [0.29, 0.717) is 0 Å². The zero-order valence-electron chi connectivity index (χ0n) is 13.0. The summed E-state index contributed by atoms with van der Waals surface area (Å²) < 4.78 is 0. The number of halogens is 2. The van der Waals surface area contributed by atoms with Crippen molar-refractivity contribution >= 4 is 18.8 Å². The Balaban J connectivity index is 0.000000745. The Bertz CT molecular complexity index is 502. The molecule has 0 unspecified atom stereocenters. The quantitative estimate of drug-likeness (QED) is 0.527. The first-order valence-corrected chi connectivity index (χ1v) is 13.1. The SMILES string of the molecule is CCc1ccnc(CCCc2cc(CC)ccn2)c1.[Cl][Pt][Cl]. The minimum absolute atomic E-state index is 0.472. The Morgan fingerprint density at radius 1 is 0.864 bits per heavy atom. The fourth-order valence-corrected chi connectivity index (χ4v) is 2.22. The van der Waals surface area contributed by atoms with E-state index in [9.17, 15) is 0 Å². The Labute approximate surface area is 150 Å². The van der Waals surface area contributed by atoms with Gasteiger partial charge in [0.2, 0.25) is 0 Å². The average Bonchev–Trinajstić information content (AvgIpc) is 2.56. The maximum absolute atomic E-state index is 4.88. The summed E-state index contributed by atoms with van der Waals surface area (Å²) in [6.45, 7) is 4.36. The summed E-state index contributed by atoms with van der Waals surface area (Å²) in [5.74, 6) is 0. The predicted octanol–water partition coefficient (Wildman–Crippen LogP) is 5.15. The van der Waals surface area contributed by atoms with Crippen LogP contribution in [0.15, 0.2) is 36.7 Å². The van der Waals surface area contributed by atoms with Crippen LogP contribution >= 0.6 is 18.8 Å². The zero-order valence-corrected chi connectivity index (χ0v) is 16.8. The fraction of sp³-hybridized carbons (Fsp3) is 0.412. The van der Waals surface area contributed by atoms with Gasteiger partial charge in [-0.05, 0) is 67.5 Å². The second-order valence-electron chi connectivity index (χ2n) is 4.92. The number of hydrogen-bond acceptors (Lipinski definition) is 2. The molecule has 2 aromatic heterocycles. The predicted molar refractivity (Wildman–Crippen MR) is 91.0 cm³/mol. The molecule has 0 radical (unpaired) electrons. The summed E-state index contributed by atoms with van der Waals surface area (Å²) in [5, 5.41) is 0. The molecule has 0 bridgehead atoms. The third kappa shape index (κ3) is 7.72. The second-order valence-corrected chi connectivity index (χ2v) is 8.20. The van der Waals surface area contributed by atoms with Crippen molar-refractivity contribution < 1.29 is 16.5 Å². The van der Waals surface area contributed by atoms with Crippen molar-refractivity contribution in [2.75, 3.05) is 0 Å². The zero-order chi connectivity index (χ0) is 16.2. The monoisotopic (exact) mass is 519 g/mol. The van der Waals surface area contributed by atoms with Crippen molar-refractivity contribution in [3.05, 3.63) is 59.2 Å². The van der Waals surface area contributed by atoms with Crippen LogP contribution < -0.4 is 0 Å². The molecule has 5 heteroatoms. The molecule has 0 aliphatic rings. The molecular weight excluding hydrogens is 498 g/mol. The van der Waals surface area contributed by atoms with Gasteiger partial charge >= 0.3 is 35.3 Å². The second kappa shape index (κ2) is 12.0. The molecule has 2 aromatic rings. The van der Waals surface area contributed by atoms with Gasteiger partial charge in [-0.2, -0.15) is 0 Å². The van der Waals surface area contributed by atoms with E-state index in [2.05, 4.69) is 48.1 Å². The number of aryl methyl sites for hydroxylation is 4. The van der Waals surface area contributed by atoms with Crippen LogP contribution in [-0.4, -0.2) is 9.97 Å². The van der Waals surface area contributed by atoms with Gasteiger partial charge in [0.25, 0.3) is 0 Å². The summed E-state index contributed by atoms with van der Waals surface area (Å²) in [4.78, 5) is 8.86. The van der Waals surface area contributed by atoms with E-state index in [1.807, 2.05) is 12.4 Å². The Morgan fingerprint density at radius 2 is 1.27 bits per heavy atom. The van der Waals surface area contributed by atoms with Gasteiger partial charge in [0.15, 0.2) is 0 Å². The van der Waals surface area contributed by atoms with E-state index in [4.69, 9.17) is 18.8 Å². The number of pyridine rings is 2. The molecule has 0 aliphatic carbocycles. The van der Waals surface area contributed by atoms with Crippen molar-refractivity contribution in [2.45, 2.75) is 46.0 Å². The number of nitrogens with zero attached hydrogens (tertiary/aromatic N) is 2. The normalized spacial score (nSPS) is 10.2.